The van der Waals surface area contributed by atoms with Crippen LogP contribution in [-0.2, 0) is 0 Å². The van der Waals surface area contributed by atoms with E-state index in [4.69, 9.17) is 9.47 Å². The van der Waals surface area contributed by atoms with E-state index in [1.807, 2.05) is 0 Å². The Kier molecular flexibility index (Phi) is 3.49. The molecule has 0 saturated heterocycles. The van der Waals surface area contributed by atoms with E-state index in [2.05, 4.69) is 0 Å². The summed E-state index contributed by atoms with van der Waals surface area (Å²) in [7, 11) is 1.37. The van der Waals surface area contributed by atoms with Gasteiger partial charge in [0, 0.05) is 12.1 Å². The monoisotopic (exact) mass is 318 g/mol. The first kappa shape index (κ1) is 15.0. The van der Waals surface area contributed by atoms with Crippen LogP contribution in [0.2, 0.25) is 0 Å². The first-order valence-corrected chi connectivity index (χ1v) is 6.74. The minimum absolute atomic E-state index is 0.0326. The molecule has 1 aliphatic rings. The fourth-order valence-corrected chi connectivity index (χ4v) is 2.54. The normalized spacial score (nSPS) is 19.8. The predicted octanol–water partition coefficient (Wildman–Crippen LogP) is 1.49. The number of methoxy groups -OCH3 is 1. The van der Waals surface area contributed by atoms with E-state index in [9.17, 15) is 25.2 Å². The SMILES string of the molecule is COc1cc(C2Oc3cc(O)cc(O)c3C(=O)[C@@H]2O)ccc1O. The van der Waals surface area contributed by atoms with Gasteiger partial charge in [-0.1, -0.05) is 6.07 Å². The van der Waals surface area contributed by atoms with Gasteiger partial charge in [0.15, 0.2) is 23.7 Å². The van der Waals surface area contributed by atoms with Crippen LogP contribution >= 0.6 is 0 Å². The quantitative estimate of drug-likeness (QED) is 0.663. The lowest BCUT2D eigenvalue weighted by Crippen LogP contribution is -2.36. The standard InChI is InChI=1S/C16H14O7/c1-22-11-4-7(2-3-9(11)18)16-15(21)14(20)13-10(19)5-8(17)6-12(13)23-16/h2-6,15-19,21H,1H3/t15-,16?/m0/s1. The van der Waals surface area contributed by atoms with Crippen LogP contribution in [0.1, 0.15) is 22.0 Å². The summed E-state index contributed by atoms with van der Waals surface area (Å²) in [6.07, 6.45) is -2.61. The lowest BCUT2D eigenvalue weighted by Gasteiger charge is -2.30. The molecule has 0 radical (unpaired) electrons. The van der Waals surface area contributed by atoms with Crippen LogP contribution in [0.15, 0.2) is 30.3 Å². The number of ether oxygens (including phenoxy) is 2. The summed E-state index contributed by atoms with van der Waals surface area (Å²) in [5.74, 6) is -1.42. The van der Waals surface area contributed by atoms with Crippen LogP contribution < -0.4 is 9.47 Å². The fraction of sp³-hybridized carbons (Fsp3) is 0.188. The summed E-state index contributed by atoms with van der Waals surface area (Å²) in [5, 5.41) is 39.1. The van der Waals surface area contributed by atoms with Crippen molar-refractivity contribution in [1.82, 2.24) is 0 Å². The number of fused-ring (bicyclic) bond motifs is 1. The number of phenolic OH excluding ortho intramolecular Hbond substituents is 3. The summed E-state index contributed by atoms with van der Waals surface area (Å²) in [6, 6.07) is 6.45. The van der Waals surface area contributed by atoms with E-state index in [1.54, 1.807) is 0 Å². The minimum atomic E-state index is -1.55. The average Bonchev–Trinajstić information content (AvgIpc) is 2.50. The van der Waals surface area contributed by atoms with E-state index in [0.717, 1.165) is 6.07 Å². The molecule has 2 atom stereocenters. The molecule has 0 saturated carbocycles. The maximum Gasteiger partial charge on any atom is 0.202 e. The van der Waals surface area contributed by atoms with Crippen molar-refractivity contribution < 1.29 is 34.7 Å². The molecule has 0 spiro atoms. The fourth-order valence-electron chi connectivity index (χ4n) is 2.54. The topological polar surface area (TPSA) is 116 Å². The molecule has 0 aromatic heterocycles. The first-order chi connectivity index (χ1) is 10.9. The molecule has 7 heteroatoms. The molecular weight excluding hydrogens is 304 g/mol. The van der Waals surface area contributed by atoms with Crippen LogP contribution in [0, 0.1) is 0 Å². The molecule has 3 rings (SSSR count). The van der Waals surface area contributed by atoms with Crippen molar-refractivity contribution in [2.45, 2.75) is 12.2 Å². The number of carbonyl (C=O) groups is 1. The molecule has 7 nitrogen and oxygen atoms in total. The number of Topliss-reactive ketones (excluding diaryl/α,β-unsaturated/α-hetero) is 1. The Morgan fingerprint density at radius 3 is 2.52 bits per heavy atom. The lowest BCUT2D eigenvalue weighted by atomic mass is 9.92. The van der Waals surface area contributed by atoms with Gasteiger partial charge in [0.25, 0.3) is 0 Å². The second-order valence-electron chi connectivity index (χ2n) is 5.12. The van der Waals surface area contributed by atoms with Crippen LogP contribution in [-0.4, -0.2) is 39.4 Å². The van der Waals surface area contributed by atoms with Gasteiger partial charge in [-0.25, -0.2) is 0 Å². The Morgan fingerprint density at radius 1 is 1.09 bits per heavy atom. The van der Waals surface area contributed by atoms with Gasteiger partial charge in [0.05, 0.1) is 7.11 Å². The van der Waals surface area contributed by atoms with Gasteiger partial charge in [-0.2, -0.15) is 0 Å². The van der Waals surface area contributed by atoms with Gasteiger partial charge in [0.2, 0.25) is 5.78 Å². The number of aliphatic hydroxyl groups is 1. The molecule has 120 valence electrons. The van der Waals surface area contributed by atoms with Crippen molar-refractivity contribution in [3.63, 3.8) is 0 Å². The zero-order chi connectivity index (χ0) is 16.7. The third-order valence-electron chi connectivity index (χ3n) is 3.65. The molecule has 1 unspecified atom stereocenters. The Bertz CT molecular complexity index is 784. The van der Waals surface area contributed by atoms with Gasteiger partial charge in [-0.3, -0.25) is 4.79 Å². The molecule has 2 aromatic rings. The van der Waals surface area contributed by atoms with Gasteiger partial charge in [-0.15, -0.1) is 0 Å². The maximum atomic E-state index is 12.3. The zero-order valence-corrected chi connectivity index (χ0v) is 12.1. The van der Waals surface area contributed by atoms with Crippen LogP contribution in [0.4, 0.5) is 0 Å². The maximum absolute atomic E-state index is 12.3. The number of aliphatic hydroxyl groups excluding tert-OH is 1. The molecule has 1 heterocycles. The van der Waals surface area contributed by atoms with E-state index in [0.29, 0.717) is 5.56 Å². The molecule has 23 heavy (non-hydrogen) atoms. The van der Waals surface area contributed by atoms with E-state index < -0.39 is 23.7 Å². The Balaban J connectivity index is 2.07. The molecule has 4 N–H and O–H groups in total. The van der Waals surface area contributed by atoms with E-state index in [-0.39, 0.29) is 28.6 Å². The van der Waals surface area contributed by atoms with Gasteiger partial charge < -0.3 is 29.9 Å². The van der Waals surface area contributed by atoms with Crippen molar-refractivity contribution in [3.05, 3.63) is 41.5 Å². The summed E-state index contributed by atoms with van der Waals surface area (Å²) < 4.78 is 10.6. The number of benzene rings is 2. The largest absolute Gasteiger partial charge is 0.508 e. The third-order valence-corrected chi connectivity index (χ3v) is 3.65. The van der Waals surface area contributed by atoms with Crippen LogP contribution in [0.3, 0.4) is 0 Å². The number of hydrogen-bond acceptors (Lipinski definition) is 7. The molecule has 1 aliphatic heterocycles. The molecule has 0 amide bonds. The highest BCUT2D eigenvalue weighted by molar-refractivity contribution is 6.05. The molecule has 2 aromatic carbocycles. The lowest BCUT2D eigenvalue weighted by molar-refractivity contribution is 0.0210. The van der Waals surface area contributed by atoms with Crippen molar-refractivity contribution in [1.29, 1.82) is 0 Å². The third kappa shape index (κ3) is 2.40. The van der Waals surface area contributed by atoms with E-state index in [1.165, 1.54) is 31.4 Å². The van der Waals surface area contributed by atoms with Gasteiger partial charge in [-0.05, 0) is 17.7 Å². The Morgan fingerprint density at radius 2 is 1.83 bits per heavy atom. The van der Waals surface area contributed by atoms with Crippen molar-refractivity contribution >= 4 is 5.78 Å². The predicted molar refractivity (Wildman–Crippen MR) is 78.1 cm³/mol. The van der Waals surface area contributed by atoms with Gasteiger partial charge in [0.1, 0.15) is 22.8 Å². The first-order valence-electron chi connectivity index (χ1n) is 6.74. The Hall–Kier alpha value is -2.93. The Labute approximate surface area is 131 Å². The van der Waals surface area contributed by atoms with Crippen molar-refractivity contribution in [2.75, 3.05) is 7.11 Å². The second kappa shape index (κ2) is 5.36. The number of phenols is 3. The van der Waals surface area contributed by atoms with Crippen LogP contribution in [0.5, 0.6) is 28.7 Å². The smallest absolute Gasteiger partial charge is 0.202 e. The molecule has 0 fully saturated rings. The van der Waals surface area contributed by atoms with E-state index >= 15 is 0 Å². The average molecular weight is 318 g/mol. The van der Waals surface area contributed by atoms with Crippen molar-refractivity contribution in [3.8, 4) is 28.7 Å². The molecule has 0 aliphatic carbocycles. The minimum Gasteiger partial charge on any atom is -0.508 e. The summed E-state index contributed by atoms with van der Waals surface area (Å²) in [6.45, 7) is 0. The number of ketones is 1. The highest BCUT2D eigenvalue weighted by Gasteiger charge is 2.39. The van der Waals surface area contributed by atoms with Crippen LogP contribution in [0.25, 0.3) is 0 Å². The number of hydrogen-bond donors (Lipinski definition) is 4. The highest BCUT2D eigenvalue weighted by Crippen LogP contribution is 2.42. The molecular formula is C16H14O7. The summed E-state index contributed by atoms with van der Waals surface area (Å²) in [5.41, 5.74) is 0.214. The summed E-state index contributed by atoms with van der Waals surface area (Å²) in [4.78, 5) is 12.3. The number of aromatic hydroxyl groups is 3. The van der Waals surface area contributed by atoms with Gasteiger partial charge >= 0.3 is 0 Å². The highest BCUT2D eigenvalue weighted by atomic mass is 16.5. The number of carbonyl (C=O) groups excluding carboxylic acids is 1. The second-order valence-corrected chi connectivity index (χ2v) is 5.12. The van der Waals surface area contributed by atoms with Crippen molar-refractivity contribution in [2.24, 2.45) is 0 Å². The summed E-state index contributed by atoms with van der Waals surface area (Å²) >= 11 is 0. The molecule has 0 bridgehead atoms. The number of rotatable bonds is 2. The zero-order valence-electron chi connectivity index (χ0n) is 12.1.